The maximum absolute atomic E-state index is 9.02. The molecule has 0 aromatic rings. The number of hydrogen-bond acceptors (Lipinski definition) is 3. The van der Waals surface area contributed by atoms with Crippen molar-refractivity contribution in [1.82, 2.24) is 0 Å². The number of rotatable bonds is 0. The predicted octanol–water partition coefficient (Wildman–Crippen LogP) is 1.17. The average Bonchev–Trinajstić information content (AvgIpc) is 1.64. The highest BCUT2D eigenvalue weighted by atomic mass is 32.2. The minimum Gasteiger partial charge on any atom is -0.382 e. The molecular formula is C5H10OS2. The second-order valence-corrected chi connectivity index (χ2v) is 4.63. The minimum absolute atomic E-state index is 0.108. The summed E-state index contributed by atoms with van der Waals surface area (Å²) in [5.41, 5.74) is -0.108. The smallest absolute Gasteiger partial charge is 0.109 e. The first kappa shape index (κ1) is 6.78. The zero-order chi connectivity index (χ0) is 5.98. The van der Waals surface area contributed by atoms with Gasteiger partial charge in [-0.25, -0.2) is 0 Å². The maximum Gasteiger partial charge on any atom is 0.109 e. The second kappa shape index (κ2) is 2.99. The number of hydrogen-bond donors (Lipinski definition) is 1. The minimum atomic E-state index is -0.108. The van der Waals surface area contributed by atoms with E-state index in [0.717, 1.165) is 5.75 Å². The molecule has 1 aliphatic heterocycles. The third-order valence-electron chi connectivity index (χ3n) is 1.00. The van der Waals surface area contributed by atoms with E-state index in [-0.39, 0.29) is 5.44 Å². The van der Waals surface area contributed by atoms with Gasteiger partial charge in [-0.15, -0.1) is 11.8 Å². The van der Waals surface area contributed by atoms with Gasteiger partial charge in [-0.2, -0.15) is 11.8 Å². The van der Waals surface area contributed by atoms with E-state index in [1.54, 1.807) is 11.8 Å². The van der Waals surface area contributed by atoms with Crippen LogP contribution in [0.15, 0.2) is 0 Å². The molecule has 1 nitrogen and oxygen atoms in total. The second-order valence-electron chi connectivity index (χ2n) is 1.94. The van der Waals surface area contributed by atoms with Gasteiger partial charge in [0.25, 0.3) is 0 Å². The van der Waals surface area contributed by atoms with Crippen LogP contribution in [0.1, 0.15) is 6.92 Å². The normalized spacial score (nSPS) is 39.8. The van der Waals surface area contributed by atoms with Gasteiger partial charge in [-0.3, -0.25) is 0 Å². The Morgan fingerprint density at radius 2 is 2.25 bits per heavy atom. The summed E-state index contributed by atoms with van der Waals surface area (Å²) in [4.78, 5) is 0. The van der Waals surface area contributed by atoms with Crippen molar-refractivity contribution < 1.29 is 5.11 Å². The van der Waals surface area contributed by atoms with Crippen LogP contribution in [0.2, 0.25) is 0 Å². The van der Waals surface area contributed by atoms with Crippen LogP contribution in [0, 0.1) is 0 Å². The standard InChI is InChI=1S/C5H10OS2/c1-4-2-7-3-5(6)8-4/h4-6H,2-3H2,1H3. The first-order valence-corrected chi connectivity index (χ1v) is 4.80. The van der Waals surface area contributed by atoms with Crippen molar-refractivity contribution in [2.24, 2.45) is 0 Å². The first-order chi connectivity index (χ1) is 3.79. The Hall–Kier alpha value is 0.660. The molecule has 1 fully saturated rings. The molecule has 2 unspecified atom stereocenters. The SMILES string of the molecule is CC1CSCC(O)S1. The summed E-state index contributed by atoms with van der Waals surface area (Å²) < 4.78 is 0. The van der Waals surface area contributed by atoms with Crippen LogP contribution in [-0.4, -0.2) is 27.3 Å². The van der Waals surface area contributed by atoms with E-state index in [2.05, 4.69) is 6.92 Å². The Morgan fingerprint density at radius 3 is 2.62 bits per heavy atom. The largest absolute Gasteiger partial charge is 0.382 e. The molecule has 1 saturated heterocycles. The van der Waals surface area contributed by atoms with Crippen LogP contribution in [0.4, 0.5) is 0 Å². The lowest BCUT2D eigenvalue weighted by atomic mass is 10.6. The van der Waals surface area contributed by atoms with E-state index < -0.39 is 0 Å². The molecule has 8 heavy (non-hydrogen) atoms. The fourth-order valence-corrected chi connectivity index (χ4v) is 3.09. The maximum atomic E-state index is 9.02. The number of thioether (sulfide) groups is 2. The van der Waals surface area contributed by atoms with Crippen molar-refractivity contribution in [2.45, 2.75) is 17.6 Å². The van der Waals surface area contributed by atoms with E-state index >= 15 is 0 Å². The van der Waals surface area contributed by atoms with Crippen molar-refractivity contribution in [2.75, 3.05) is 11.5 Å². The fourth-order valence-electron chi connectivity index (χ4n) is 0.682. The van der Waals surface area contributed by atoms with Gasteiger partial charge < -0.3 is 5.11 Å². The first-order valence-electron chi connectivity index (χ1n) is 2.70. The van der Waals surface area contributed by atoms with E-state index in [1.165, 1.54) is 5.75 Å². The summed E-state index contributed by atoms with van der Waals surface area (Å²) in [7, 11) is 0. The third kappa shape index (κ3) is 1.88. The van der Waals surface area contributed by atoms with Crippen LogP contribution in [0.3, 0.4) is 0 Å². The number of aliphatic hydroxyl groups is 1. The van der Waals surface area contributed by atoms with Crippen molar-refractivity contribution >= 4 is 23.5 Å². The molecule has 0 bridgehead atoms. The lowest BCUT2D eigenvalue weighted by Crippen LogP contribution is -2.18. The highest BCUT2D eigenvalue weighted by Gasteiger charge is 2.16. The molecule has 0 aromatic heterocycles. The molecule has 2 atom stereocenters. The monoisotopic (exact) mass is 150 g/mol. The molecule has 0 amide bonds. The molecule has 1 heterocycles. The van der Waals surface area contributed by atoms with Crippen LogP contribution >= 0.6 is 23.5 Å². The van der Waals surface area contributed by atoms with Crippen LogP contribution in [-0.2, 0) is 0 Å². The van der Waals surface area contributed by atoms with Crippen molar-refractivity contribution in [1.29, 1.82) is 0 Å². The molecule has 3 heteroatoms. The van der Waals surface area contributed by atoms with Gasteiger partial charge >= 0.3 is 0 Å². The van der Waals surface area contributed by atoms with Crippen molar-refractivity contribution in [3.63, 3.8) is 0 Å². The van der Waals surface area contributed by atoms with E-state index in [9.17, 15) is 0 Å². The van der Waals surface area contributed by atoms with Gasteiger partial charge in [0.15, 0.2) is 0 Å². The van der Waals surface area contributed by atoms with Crippen LogP contribution < -0.4 is 0 Å². The molecule has 0 aliphatic carbocycles. The molecule has 0 radical (unpaired) electrons. The Kier molecular flexibility index (Phi) is 2.53. The Morgan fingerprint density at radius 1 is 1.50 bits per heavy atom. The van der Waals surface area contributed by atoms with Gasteiger partial charge in [-0.05, 0) is 0 Å². The zero-order valence-corrected chi connectivity index (χ0v) is 6.47. The van der Waals surface area contributed by atoms with E-state index in [1.807, 2.05) is 11.8 Å². The molecule has 1 rings (SSSR count). The van der Waals surface area contributed by atoms with Crippen LogP contribution in [0.5, 0.6) is 0 Å². The highest BCUT2D eigenvalue weighted by molar-refractivity contribution is 8.06. The molecule has 0 saturated carbocycles. The molecular weight excluding hydrogens is 140 g/mol. The van der Waals surface area contributed by atoms with E-state index in [4.69, 9.17) is 5.11 Å². The molecule has 1 aliphatic rings. The van der Waals surface area contributed by atoms with E-state index in [0.29, 0.717) is 5.25 Å². The quantitative estimate of drug-likeness (QED) is 0.560. The van der Waals surface area contributed by atoms with Gasteiger partial charge in [0.05, 0.1) is 0 Å². The van der Waals surface area contributed by atoms with Gasteiger partial charge in [-0.1, -0.05) is 6.92 Å². The molecule has 1 N–H and O–H groups in total. The summed E-state index contributed by atoms with van der Waals surface area (Å²) in [6.45, 7) is 2.15. The summed E-state index contributed by atoms with van der Waals surface area (Å²) >= 11 is 3.52. The lowest BCUT2D eigenvalue weighted by Gasteiger charge is -2.21. The van der Waals surface area contributed by atoms with Gasteiger partial charge in [0.2, 0.25) is 0 Å². The van der Waals surface area contributed by atoms with Gasteiger partial charge in [0.1, 0.15) is 5.44 Å². The molecule has 0 spiro atoms. The Balaban J connectivity index is 2.23. The Bertz CT molecular complexity index is 68.8. The predicted molar refractivity (Wildman–Crippen MR) is 40.4 cm³/mol. The zero-order valence-electron chi connectivity index (χ0n) is 4.83. The average molecular weight is 150 g/mol. The van der Waals surface area contributed by atoms with Crippen LogP contribution in [0.25, 0.3) is 0 Å². The topological polar surface area (TPSA) is 20.2 Å². The summed E-state index contributed by atoms with van der Waals surface area (Å²) in [5, 5.41) is 9.66. The molecule has 0 aromatic carbocycles. The highest BCUT2D eigenvalue weighted by Crippen LogP contribution is 2.27. The third-order valence-corrected chi connectivity index (χ3v) is 3.82. The molecule has 48 valence electrons. The Labute approximate surface area is 58.2 Å². The number of aliphatic hydroxyl groups excluding tert-OH is 1. The summed E-state index contributed by atoms with van der Waals surface area (Å²) in [6.07, 6.45) is 0. The van der Waals surface area contributed by atoms with Crippen molar-refractivity contribution in [3.05, 3.63) is 0 Å². The lowest BCUT2D eigenvalue weighted by molar-refractivity contribution is 0.286. The summed E-state index contributed by atoms with van der Waals surface area (Å²) in [5.74, 6) is 2.11. The fraction of sp³-hybridized carbons (Fsp3) is 1.00. The van der Waals surface area contributed by atoms with Gasteiger partial charge in [0, 0.05) is 16.8 Å². The van der Waals surface area contributed by atoms with Crippen molar-refractivity contribution in [3.8, 4) is 0 Å². The summed E-state index contributed by atoms with van der Waals surface area (Å²) in [6, 6.07) is 0.